The van der Waals surface area contributed by atoms with Crippen molar-refractivity contribution in [2.75, 3.05) is 17.6 Å². The molecule has 0 unspecified atom stereocenters. The molecule has 1 heterocycles. The van der Waals surface area contributed by atoms with Crippen LogP contribution in [0.1, 0.15) is 51.9 Å². The highest BCUT2D eigenvalue weighted by molar-refractivity contribution is 7.99. The molecule has 1 fully saturated rings. The zero-order valence-electron chi connectivity index (χ0n) is 15.5. The van der Waals surface area contributed by atoms with Crippen LogP contribution in [0.3, 0.4) is 0 Å². The summed E-state index contributed by atoms with van der Waals surface area (Å²) < 4.78 is 0. The van der Waals surface area contributed by atoms with Crippen molar-refractivity contribution in [2.24, 2.45) is 0 Å². The molecule has 1 aliphatic rings. The van der Waals surface area contributed by atoms with Gasteiger partial charge in [0.1, 0.15) is 5.82 Å². The molecular formula is C20H28N4OS. The van der Waals surface area contributed by atoms with Gasteiger partial charge in [0.2, 0.25) is 5.91 Å². The molecule has 2 aromatic rings. The molecule has 26 heavy (non-hydrogen) atoms. The van der Waals surface area contributed by atoms with Crippen molar-refractivity contribution in [1.82, 2.24) is 15.3 Å². The monoisotopic (exact) mass is 372 g/mol. The first-order valence-corrected chi connectivity index (χ1v) is 10.7. The van der Waals surface area contributed by atoms with Crippen LogP contribution in [0.15, 0.2) is 29.4 Å². The van der Waals surface area contributed by atoms with Gasteiger partial charge in [-0.2, -0.15) is 0 Å². The fourth-order valence-corrected chi connectivity index (χ4v) is 3.94. The number of aromatic nitrogens is 2. The summed E-state index contributed by atoms with van der Waals surface area (Å²) in [5.74, 6) is 1.30. The second-order valence-electron chi connectivity index (χ2n) is 6.84. The van der Waals surface area contributed by atoms with Gasteiger partial charge in [0, 0.05) is 18.0 Å². The van der Waals surface area contributed by atoms with Gasteiger partial charge in [-0.25, -0.2) is 9.97 Å². The Morgan fingerprint density at radius 2 is 2.00 bits per heavy atom. The number of benzene rings is 1. The average molecular weight is 373 g/mol. The number of amides is 1. The quantitative estimate of drug-likeness (QED) is 0.409. The molecule has 1 aromatic carbocycles. The summed E-state index contributed by atoms with van der Waals surface area (Å²) in [6.45, 7) is 2.85. The van der Waals surface area contributed by atoms with Crippen LogP contribution < -0.4 is 10.6 Å². The first-order valence-electron chi connectivity index (χ1n) is 9.69. The van der Waals surface area contributed by atoms with Crippen LogP contribution in [0.5, 0.6) is 0 Å². The lowest BCUT2D eigenvalue weighted by atomic mass is 9.95. The van der Waals surface area contributed by atoms with E-state index in [4.69, 9.17) is 4.98 Å². The molecule has 5 nitrogen and oxygen atoms in total. The van der Waals surface area contributed by atoms with Crippen LogP contribution in [-0.2, 0) is 4.79 Å². The number of carbonyl (C=O) groups is 1. The molecule has 1 aliphatic carbocycles. The van der Waals surface area contributed by atoms with E-state index < -0.39 is 0 Å². The summed E-state index contributed by atoms with van der Waals surface area (Å²) in [6.07, 6.45) is 8.37. The first-order chi connectivity index (χ1) is 12.8. The van der Waals surface area contributed by atoms with E-state index in [1.165, 1.54) is 43.9 Å². The highest BCUT2D eigenvalue weighted by Gasteiger charge is 2.16. The minimum atomic E-state index is 0.0435. The molecule has 1 saturated carbocycles. The average Bonchev–Trinajstić information content (AvgIpc) is 2.67. The predicted octanol–water partition coefficient (Wildman–Crippen LogP) is 4.38. The Morgan fingerprint density at radius 1 is 1.19 bits per heavy atom. The van der Waals surface area contributed by atoms with Crippen LogP contribution in [0.25, 0.3) is 10.9 Å². The summed E-state index contributed by atoms with van der Waals surface area (Å²) in [5.41, 5.74) is 0.926. The van der Waals surface area contributed by atoms with Gasteiger partial charge in [-0.3, -0.25) is 4.79 Å². The van der Waals surface area contributed by atoms with Crippen LogP contribution >= 0.6 is 11.8 Å². The van der Waals surface area contributed by atoms with Crippen molar-refractivity contribution >= 4 is 34.4 Å². The molecule has 6 heteroatoms. The summed E-state index contributed by atoms with van der Waals surface area (Å²) in [4.78, 5) is 21.3. The number of unbranched alkanes of at least 4 members (excludes halogenated alkanes) is 1. The van der Waals surface area contributed by atoms with E-state index in [-0.39, 0.29) is 5.91 Å². The van der Waals surface area contributed by atoms with Crippen LogP contribution in [-0.4, -0.2) is 34.2 Å². The second-order valence-corrected chi connectivity index (χ2v) is 7.79. The lowest BCUT2D eigenvalue weighted by Gasteiger charge is -2.24. The van der Waals surface area contributed by atoms with E-state index in [0.717, 1.165) is 36.1 Å². The van der Waals surface area contributed by atoms with Gasteiger partial charge in [-0.05, 0) is 31.4 Å². The van der Waals surface area contributed by atoms with Crippen molar-refractivity contribution in [1.29, 1.82) is 0 Å². The van der Waals surface area contributed by atoms with Gasteiger partial charge in [-0.1, -0.05) is 56.5 Å². The van der Waals surface area contributed by atoms with Crippen molar-refractivity contribution in [3.05, 3.63) is 24.3 Å². The van der Waals surface area contributed by atoms with E-state index in [2.05, 4.69) is 28.6 Å². The molecular weight excluding hydrogens is 344 g/mol. The van der Waals surface area contributed by atoms with Crippen LogP contribution in [0.2, 0.25) is 0 Å². The Morgan fingerprint density at radius 3 is 2.81 bits per heavy atom. The molecule has 0 saturated heterocycles. The fraction of sp³-hybridized carbons (Fsp3) is 0.550. The molecule has 1 aromatic heterocycles. The summed E-state index contributed by atoms with van der Waals surface area (Å²) in [6, 6.07) is 8.57. The zero-order chi connectivity index (χ0) is 18.2. The van der Waals surface area contributed by atoms with Crippen LogP contribution in [0, 0.1) is 0 Å². The minimum absolute atomic E-state index is 0.0435. The SMILES string of the molecule is CCCCNC(=O)CSc1nc(NC2CCCCC2)c2ccccc2n1. The fourth-order valence-electron chi connectivity index (χ4n) is 3.26. The maximum absolute atomic E-state index is 12.0. The van der Waals surface area contributed by atoms with E-state index in [0.29, 0.717) is 17.0 Å². The van der Waals surface area contributed by atoms with E-state index in [1.54, 1.807) is 0 Å². The molecule has 2 N–H and O–H groups in total. The summed E-state index contributed by atoms with van der Waals surface area (Å²) >= 11 is 1.40. The number of rotatable bonds is 8. The third-order valence-corrected chi connectivity index (χ3v) is 5.56. The normalized spacial score (nSPS) is 15.1. The zero-order valence-corrected chi connectivity index (χ0v) is 16.3. The Bertz CT molecular complexity index is 731. The van der Waals surface area contributed by atoms with Gasteiger partial charge in [0.25, 0.3) is 0 Å². The molecule has 0 spiro atoms. The second kappa shape index (κ2) is 9.76. The number of thioether (sulfide) groups is 1. The molecule has 0 bridgehead atoms. The Labute approximate surface area is 159 Å². The van der Waals surface area contributed by atoms with Crippen molar-refractivity contribution in [2.45, 2.75) is 63.1 Å². The van der Waals surface area contributed by atoms with E-state index >= 15 is 0 Å². The van der Waals surface area contributed by atoms with Crippen molar-refractivity contribution in [3.63, 3.8) is 0 Å². The topological polar surface area (TPSA) is 66.9 Å². The Balaban J connectivity index is 1.70. The number of hydrogen-bond acceptors (Lipinski definition) is 5. The number of carbonyl (C=O) groups excluding carboxylic acids is 1. The third-order valence-electron chi connectivity index (χ3n) is 4.71. The molecule has 1 amide bonds. The highest BCUT2D eigenvalue weighted by Crippen LogP contribution is 2.27. The van der Waals surface area contributed by atoms with E-state index in [1.807, 2.05) is 18.2 Å². The number of nitrogens with zero attached hydrogens (tertiary/aromatic N) is 2. The largest absolute Gasteiger partial charge is 0.367 e. The maximum Gasteiger partial charge on any atom is 0.230 e. The standard InChI is InChI=1S/C20H28N4OS/c1-2-3-13-21-18(25)14-26-20-23-17-12-8-7-11-16(17)19(24-20)22-15-9-5-4-6-10-15/h7-8,11-12,15H,2-6,9-10,13-14H2,1H3,(H,21,25)(H,22,23,24). The number of fused-ring (bicyclic) bond motifs is 1. The highest BCUT2D eigenvalue weighted by atomic mass is 32.2. The van der Waals surface area contributed by atoms with Crippen LogP contribution in [0.4, 0.5) is 5.82 Å². The molecule has 0 atom stereocenters. The number of hydrogen-bond donors (Lipinski definition) is 2. The van der Waals surface area contributed by atoms with Gasteiger partial charge in [0.05, 0.1) is 11.3 Å². The number of nitrogens with one attached hydrogen (secondary N) is 2. The first kappa shape index (κ1) is 19.0. The lowest BCUT2D eigenvalue weighted by Crippen LogP contribution is -2.26. The number of para-hydroxylation sites is 1. The summed E-state index contributed by atoms with van der Waals surface area (Å²) in [5, 5.41) is 8.28. The smallest absolute Gasteiger partial charge is 0.230 e. The third kappa shape index (κ3) is 5.34. The molecule has 0 aliphatic heterocycles. The lowest BCUT2D eigenvalue weighted by molar-refractivity contribution is -0.118. The van der Waals surface area contributed by atoms with Crippen molar-refractivity contribution in [3.8, 4) is 0 Å². The molecule has 3 rings (SSSR count). The van der Waals surface area contributed by atoms with Gasteiger partial charge < -0.3 is 10.6 Å². The van der Waals surface area contributed by atoms with Crippen molar-refractivity contribution < 1.29 is 4.79 Å². The Kier molecular flexibility index (Phi) is 7.12. The molecule has 140 valence electrons. The minimum Gasteiger partial charge on any atom is -0.367 e. The van der Waals surface area contributed by atoms with Gasteiger partial charge in [0.15, 0.2) is 5.16 Å². The number of anilines is 1. The summed E-state index contributed by atoms with van der Waals surface area (Å²) in [7, 11) is 0. The van der Waals surface area contributed by atoms with Gasteiger partial charge in [-0.15, -0.1) is 0 Å². The maximum atomic E-state index is 12.0. The van der Waals surface area contributed by atoms with E-state index in [9.17, 15) is 4.79 Å². The molecule has 0 radical (unpaired) electrons. The Hall–Kier alpha value is -1.82. The predicted molar refractivity (Wildman–Crippen MR) is 109 cm³/mol. The van der Waals surface area contributed by atoms with Gasteiger partial charge >= 0.3 is 0 Å².